The first-order valence-electron chi connectivity index (χ1n) is 11.5. The summed E-state index contributed by atoms with van der Waals surface area (Å²) < 4.78 is 12.0. The number of methoxy groups -OCH3 is 1. The minimum absolute atomic E-state index is 0.391. The number of ether oxygens (including phenoxy) is 2. The molecule has 2 atom stereocenters. The van der Waals surface area contributed by atoms with E-state index in [1.165, 1.54) is 16.9 Å². The Bertz CT molecular complexity index is 1220. The predicted molar refractivity (Wildman–Crippen MR) is 134 cm³/mol. The average molecular weight is 468 g/mol. The molecule has 6 heteroatoms. The van der Waals surface area contributed by atoms with E-state index in [-0.39, 0.29) is 0 Å². The number of fused-ring (bicyclic) bond motifs is 3. The molecule has 4 rings (SSSR count). The minimum atomic E-state index is -1.14. The maximum Gasteiger partial charge on any atom is 0.337 e. The number of carboxylic acid groups (broad SMARTS) is 1. The zero-order chi connectivity index (χ0) is 24.1. The molecule has 1 N–H and O–H groups in total. The first kappa shape index (κ1) is 23.7. The SMILES string of the molecule is COc1cc(C)ccc1-c1c(C(OC(C)(C)C)C(=O)O)c(C)nc2sc3c(c12)C(C)CCC3. The van der Waals surface area contributed by atoms with E-state index in [2.05, 4.69) is 6.92 Å². The number of hydrogen-bond acceptors (Lipinski definition) is 5. The summed E-state index contributed by atoms with van der Waals surface area (Å²) >= 11 is 1.74. The van der Waals surface area contributed by atoms with E-state index in [4.69, 9.17) is 14.5 Å². The van der Waals surface area contributed by atoms with Gasteiger partial charge in [0.2, 0.25) is 0 Å². The molecule has 0 amide bonds. The molecule has 1 aliphatic carbocycles. The third-order valence-electron chi connectivity index (χ3n) is 6.30. The van der Waals surface area contributed by atoms with Gasteiger partial charge in [-0.1, -0.05) is 19.1 Å². The predicted octanol–water partition coefficient (Wildman–Crippen LogP) is 6.97. The molecule has 0 bridgehead atoms. The molecule has 0 fully saturated rings. The lowest BCUT2D eigenvalue weighted by molar-refractivity contribution is -0.160. The molecule has 0 saturated heterocycles. The monoisotopic (exact) mass is 467 g/mol. The summed E-state index contributed by atoms with van der Waals surface area (Å²) in [7, 11) is 1.66. The standard InChI is InChI=1S/C27H33NO4S/c1-14-11-12-17(18(13-14)31-7)22-21(24(26(29)30)32-27(4,5)6)16(3)28-25-23(22)20-15(2)9-8-10-19(20)33-25/h11-13,15,24H,8-10H2,1-7H3,(H,29,30). The fourth-order valence-electron chi connectivity index (χ4n) is 4.94. The van der Waals surface area contributed by atoms with Crippen LogP contribution >= 0.6 is 11.3 Å². The third-order valence-corrected chi connectivity index (χ3v) is 7.46. The lowest BCUT2D eigenvalue weighted by Crippen LogP contribution is -2.28. The largest absolute Gasteiger partial charge is 0.496 e. The summed E-state index contributed by atoms with van der Waals surface area (Å²) in [5, 5.41) is 11.4. The van der Waals surface area contributed by atoms with Gasteiger partial charge in [0.15, 0.2) is 6.10 Å². The van der Waals surface area contributed by atoms with Gasteiger partial charge in [0.05, 0.1) is 12.7 Å². The van der Waals surface area contributed by atoms with Crippen LogP contribution in [0.3, 0.4) is 0 Å². The van der Waals surface area contributed by atoms with Crippen LogP contribution in [-0.4, -0.2) is 28.8 Å². The van der Waals surface area contributed by atoms with Crippen molar-refractivity contribution in [2.45, 2.75) is 78.4 Å². The molecule has 1 aromatic carbocycles. The summed E-state index contributed by atoms with van der Waals surface area (Å²) in [6.45, 7) is 11.8. The van der Waals surface area contributed by atoms with Gasteiger partial charge in [-0.2, -0.15) is 0 Å². The summed E-state index contributed by atoms with van der Waals surface area (Å²) in [6.07, 6.45) is 2.19. The van der Waals surface area contributed by atoms with Gasteiger partial charge >= 0.3 is 5.97 Å². The Kier molecular flexibility index (Phi) is 6.27. The van der Waals surface area contributed by atoms with E-state index in [0.29, 0.717) is 17.2 Å². The highest BCUT2D eigenvalue weighted by Gasteiger charge is 2.35. The van der Waals surface area contributed by atoms with Crippen molar-refractivity contribution >= 4 is 27.5 Å². The van der Waals surface area contributed by atoms with Crippen LogP contribution in [-0.2, 0) is 16.0 Å². The lowest BCUT2D eigenvalue weighted by Gasteiger charge is -2.28. The molecular weight excluding hydrogens is 434 g/mol. The Labute approximate surface area is 199 Å². The van der Waals surface area contributed by atoms with Gasteiger partial charge in [-0.05, 0) is 77.0 Å². The molecule has 33 heavy (non-hydrogen) atoms. The molecule has 0 aliphatic heterocycles. The average Bonchev–Trinajstić information content (AvgIpc) is 3.09. The van der Waals surface area contributed by atoms with Gasteiger partial charge in [-0.15, -0.1) is 11.3 Å². The fourth-order valence-corrected chi connectivity index (χ4v) is 6.33. The number of aromatic nitrogens is 1. The molecule has 3 aromatic rings. The molecule has 2 heterocycles. The van der Waals surface area contributed by atoms with Crippen LogP contribution in [0.2, 0.25) is 0 Å². The number of benzene rings is 1. The fraction of sp³-hybridized carbons (Fsp3) is 0.481. The van der Waals surface area contributed by atoms with Crippen molar-refractivity contribution in [2.24, 2.45) is 0 Å². The lowest BCUT2D eigenvalue weighted by atomic mass is 9.83. The Balaban J connectivity index is 2.16. The number of pyridine rings is 1. The topological polar surface area (TPSA) is 68.7 Å². The van der Waals surface area contributed by atoms with E-state index in [1.807, 2.05) is 52.8 Å². The van der Waals surface area contributed by atoms with Crippen molar-refractivity contribution in [3.8, 4) is 16.9 Å². The van der Waals surface area contributed by atoms with E-state index in [0.717, 1.165) is 45.5 Å². The number of hydrogen-bond donors (Lipinski definition) is 1. The molecule has 5 nitrogen and oxygen atoms in total. The van der Waals surface area contributed by atoms with Gasteiger partial charge in [0.25, 0.3) is 0 Å². The molecule has 176 valence electrons. The van der Waals surface area contributed by atoms with Crippen LogP contribution in [0.5, 0.6) is 5.75 Å². The zero-order valence-corrected chi connectivity index (χ0v) is 21.4. The highest BCUT2D eigenvalue weighted by atomic mass is 32.1. The van der Waals surface area contributed by atoms with Crippen molar-refractivity contribution in [1.29, 1.82) is 0 Å². The van der Waals surface area contributed by atoms with Crippen LogP contribution in [0, 0.1) is 13.8 Å². The highest BCUT2D eigenvalue weighted by Crippen LogP contribution is 2.50. The Morgan fingerprint density at radius 3 is 2.64 bits per heavy atom. The second-order valence-corrected chi connectivity index (χ2v) is 11.1. The summed E-state index contributed by atoms with van der Waals surface area (Å²) in [6, 6.07) is 6.09. The van der Waals surface area contributed by atoms with Crippen LogP contribution in [0.15, 0.2) is 18.2 Å². The van der Waals surface area contributed by atoms with Gasteiger partial charge in [0.1, 0.15) is 10.6 Å². The van der Waals surface area contributed by atoms with Crippen LogP contribution < -0.4 is 4.74 Å². The molecule has 0 spiro atoms. The number of aliphatic carboxylic acids is 1. The van der Waals surface area contributed by atoms with Crippen molar-refractivity contribution < 1.29 is 19.4 Å². The number of thiophene rings is 1. The summed E-state index contributed by atoms with van der Waals surface area (Å²) in [5.41, 5.74) is 4.83. The van der Waals surface area contributed by atoms with Gasteiger partial charge in [-0.3, -0.25) is 0 Å². The van der Waals surface area contributed by atoms with Crippen molar-refractivity contribution in [2.75, 3.05) is 7.11 Å². The molecule has 0 radical (unpaired) electrons. The number of carboxylic acids is 1. The minimum Gasteiger partial charge on any atom is -0.496 e. The second kappa shape index (κ2) is 8.73. The number of aryl methyl sites for hydroxylation is 3. The Morgan fingerprint density at radius 1 is 1.27 bits per heavy atom. The van der Waals surface area contributed by atoms with Crippen molar-refractivity contribution in [3.63, 3.8) is 0 Å². The first-order chi connectivity index (χ1) is 15.5. The number of carbonyl (C=O) groups is 1. The van der Waals surface area contributed by atoms with Crippen LogP contribution in [0.1, 0.15) is 79.8 Å². The van der Waals surface area contributed by atoms with Crippen LogP contribution in [0.4, 0.5) is 0 Å². The van der Waals surface area contributed by atoms with Gasteiger partial charge < -0.3 is 14.6 Å². The molecule has 0 saturated carbocycles. The number of rotatable bonds is 5. The maximum atomic E-state index is 12.6. The smallest absolute Gasteiger partial charge is 0.337 e. The summed E-state index contributed by atoms with van der Waals surface area (Å²) in [4.78, 5) is 19.8. The normalized spacial score (nSPS) is 17.1. The highest BCUT2D eigenvalue weighted by molar-refractivity contribution is 7.19. The van der Waals surface area contributed by atoms with E-state index in [1.54, 1.807) is 18.4 Å². The van der Waals surface area contributed by atoms with Crippen LogP contribution in [0.25, 0.3) is 21.3 Å². The molecule has 2 unspecified atom stereocenters. The van der Waals surface area contributed by atoms with E-state index in [9.17, 15) is 9.90 Å². The Morgan fingerprint density at radius 2 is 2.00 bits per heavy atom. The molecular formula is C27H33NO4S. The zero-order valence-electron chi connectivity index (χ0n) is 20.5. The van der Waals surface area contributed by atoms with Gasteiger partial charge in [-0.25, -0.2) is 9.78 Å². The van der Waals surface area contributed by atoms with Crippen molar-refractivity contribution in [3.05, 3.63) is 45.5 Å². The number of nitrogens with zero attached hydrogens (tertiary/aromatic N) is 1. The summed E-state index contributed by atoms with van der Waals surface area (Å²) in [5.74, 6) is 0.104. The van der Waals surface area contributed by atoms with E-state index < -0.39 is 17.7 Å². The second-order valence-electron chi connectivity index (χ2n) is 10.1. The third kappa shape index (κ3) is 4.38. The quantitative estimate of drug-likeness (QED) is 0.439. The molecule has 2 aromatic heterocycles. The maximum absolute atomic E-state index is 12.6. The van der Waals surface area contributed by atoms with Gasteiger partial charge in [0, 0.05) is 32.6 Å². The molecule has 1 aliphatic rings. The Hall–Kier alpha value is -2.44. The first-order valence-corrected chi connectivity index (χ1v) is 12.3. The van der Waals surface area contributed by atoms with E-state index >= 15 is 0 Å². The van der Waals surface area contributed by atoms with Crippen molar-refractivity contribution in [1.82, 2.24) is 4.98 Å².